The highest BCUT2D eigenvalue weighted by Crippen LogP contribution is 2.28. The second-order valence-electron chi connectivity index (χ2n) is 3.44. The predicted molar refractivity (Wildman–Crippen MR) is 69.0 cm³/mol. The topological polar surface area (TPSA) is 38.9 Å². The lowest BCUT2D eigenvalue weighted by molar-refractivity contribution is 1.13. The Labute approximate surface area is 104 Å². The molecule has 0 fully saturated rings. The number of hydrogen-bond acceptors (Lipinski definition) is 3. The minimum absolute atomic E-state index is 0.651. The number of benzene rings is 1. The van der Waals surface area contributed by atoms with Gasteiger partial charge in [-0.2, -0.15) is 0 Å². The Bertz CT molecular complexity index is 497. The Hall–Kier alpha value is -1.19. The molecule has 0 radical (unpaired) electrons. The Balaban J connectivity index is 2.20. The Morgan fingerprint density at radius 3 is 2.69 bits per heavy atom. The predicted octanol–water partition coefficient (Wildman–Crippen LogP) is 3.78. The maximum atomic E-state index is 5.77. The molecule has 82 valence electrons. The van der Waals surface area contributed by atoms with Crippen LogP contribution in [0.2, 0.25) is 5.02 Å². The first-order valence-electron chi connectivity index (χ1n) is 4.81. The third-order valence-corrected chi connectivity index (χ3v) is 3.33. The van der Waals surface area contributed by atoms with Crippen molar-refractivity contribution in [3.05, 3.63) is 47.1 Å². The molecular formula is C12H11ClN2S. The van der Waals surface area contributed by atoms with Crippen molar-refractivity contribution in [2.75, 3.05) is 5.73 Å². The van der Waals surface area contributed by atoms with Gasteiger partial charge in [-0.25, -0.2) is 4.98 Å². The molecule has 2 aromatic rings. The number of rotatable bonds is 2. The number of nitrogens with two attached hydrogens (primary N) is 1. The van der Waals surface area contributed by atoms with Crippen molar-refractivity contribution < 1.29 is 0 Å². The Morgan fingerprint density at radius 2 is 2.06 bits per heavy atom. The zero-order chi connectivity index (χ0) is 11.5. The number of hydrogen-bond donors (Lipinski definition) is 1. The molecule has 0 bridgehead atoms. The number of nitrogens with zero attached hydrogens (tertiary/aromatic N) is 1. The number of anilines is 1. The van der Waals surface area contributed by atoms with E-state index < -0.39 is 0 Å². The van der Waals surface area contributed by atoms with E-state index in [0.29, 0.717) is 5.02 Å². The number of aryl methyl sites for hydroxylation is 1. The first-order valence-corrected chi connectivity index (χ1v) is 6.00. The summed E-state index contributed by atoms with van der Waals surface area (Å²) in [6.45, 7) is 1.99. The van der Waals surface area contributed by atoms with Gasteiger partial charge in [0.2, 0.25) is 0 Å². The molecule has 4 heteroatoms. The molecule has 0 aliphatic carbocycles. The molecule has 0 unspecified atom stereocenters. The van der Waals surface area contributed by atoms with E-state index in [9.17, 15) is 0 Å². The highest BCUT2D eigenvalue weighted by molar-refractivity contribution is 7.99. The maximum absolute atomic E-state index is 5.77. The van der Waals surface area contributed by atoms with Gasteiger partial charge in [0.25, 0.3) is 0 Å². The van der Waals surface area contributed by atoms with E-state index in [4.69, 9.17) is 17.3 Å². The van der Waals surface area contributed by atoms with E-state index >= 15 is 0 Å². The smallest absolute Gasteiger partial charge is 0.101 e. The van der Waals surface area contributed by atoms with E-state index in [-0.39, 0.29) is 0 Å². The molecule has 0 saturated carbocycles. The van der Waals surface area contributed by atoms with Crippen molar-refractivity contribution in [2.45, 2.75) is 16.8 Å². The summed E-state index contributed by atoms with van der Waals surface area (Å²) in [4.78, 5) is 5.35. The number of nitrogen functional groups attached to an aromatic ring is 1. The summed E-state index contributed by atoms with van der Waals surface area (Å²) in [7, 11) is 0. The van der Waals surface area contributed by atoms with Crippen molar-refractivity contribution >= 4 is 29.1 Å². The van der Waals surface area contributed by atoms with E-state index in [1.807, 2.05) is 31.2 Å². The minimum Gasteiger partial charge on any atom is -0.399 e. The van der Waals surface area contributed by atoms with Crippen LogP contribution in [0.25, 0.3) is 0 Å². The van der Waals surface area contributed by atoms with Crippen LogP contribution in [-0.2, 0) is 0 Å². The van der Waals surface area contributed by atoms with E-state index in [1.165, 1.54) is 0 Å². The second kappa shape index (κ2) is 4.76. The average Bonchev–Trinajstić information content (AvgIpc) is 2.27. The van der Waals surface area contributed by atoms with Gasteiger partial charge < -0.3 is 5.73 Å². The van der Waals surface area contributed by atoms with Crippen molar-refractivity contribution in [2.24, 2.45) is 0 Å². The van der Waals surface area contributed by atoms with Gasteiger partial charge in [0.05, 0.1) is 5.02 Å². The molecular weight excluding hydrogens is 240 g/mol. The maximum Gasteiger partial charge on any atom is 0.101 e. The molecule has 0 spiro atoms. The van der Waals surface area contributed by atoms with Gasteiger partial charge in [-0.15, -0.1) is 0 Å². The SMILES string of the molecule is Cc1cc(Sc2ccc(Cl)cn2)ccc1N. The standard InChI is InChI=1S/C12H11ClN2S/c1-8-6-10(3-4-11(8)14)16-12-5-2-9(13)7-15-12/h2-7H,14H2,1H3. The molecule has 16 heavy (non-hydrogen) atoms. The largest absolute Gasteiger partial charge is 0.399 e. The van der Waals surface area contributed by atoms with Crippen molar-refractivity contribution in [1.82, 2.24) is 4.98 Å². The van der Waals surface area contributed by atoms with Gasteiger partial charge in [0, 0.05) is 16.8 Å². The molecule has 2 rings (SSSR count). The van der Waals surface area contributed by atoms with Gasteiger partial charge in [-0.05, 0) is 42.8 Å². The third-order valence-electron chi connectivity index (χ3n) is 2.16. The van der Waals surface area contributed by atoms with Crippen LogP contribution in [-0.4, -0.2) is 4.98 Å². The number of pyridine rings is 1. The van der Waals surface area contributed by atoms with Crippen LogP contribution in [0.5, 0.6) is 0 Å². The lowest BCUT2D eigenvalue weighted by Gasteiger charge is -2.04. The Kier molecular flexibility index (Phi) is 3.36. The minimum atomic E-state index is 0.651. The molecule has 2 nitrogen and oxygen atoms in total. The van der Waals surface area contributed by atoms with Crippen LogP contribution in [0.4, 0.5) is 5.69 Å². The van der Waals surface area contributed by atoms with Crippen LogP contribution >= 0.6 is 23.4 Å². The molecule has 0 aliphatic rings. The Morgan fingerprint density at radius 1 is 1.25 bits per heavy atom. The molecule has 1 aromatic heterocycles. The fourth-order valence-electron chi connectivity index (χ4n) is 1.26. The van der Waals surface area contributed by atoms with E-state index in [0.717, 1.165) is 21.2 Å². The summed E-state index contributed by atoms with van der Waals surface area (Å²) in [6, 6.07) is 9.69. The van der Waals surface area contributed by atoms with E-state index in [1.54, 1.807) is 18.0 Å². The van der Waals surface area contributed by atoms with Crippen LogP contribution in [0.3, 0.4) is 0 Å². The van der Waals surface area contributed by atoms with E-state index in [2.05, 4.69) is 11.1 Å². The monoisotopic (exact) mass is 250 g/mol. The van der Waals surface area contributed by atoms with Gasteiger partial charge in [-0.3, -0.25) is 0 Å². The molecule has 0 saturated heterocycles. The van der Waals surface area contributed by atoms with Gasteiger partial charge in [0.1, 0.15) is 5.03 Å². The summed E-state index contributed by atoms with van der Waals surface area (Å²) in [5.74, 6) is 0. The summed E-state index contributed by atoms with van der Waals surface area (Å²) in [5, 5.41) is 1.58. The zero-order valence-electron chi connectivity index (χ0n) is 8.77. The van der Waals surface area contributed by atoms with Crippen LogP contribution < -0.4 is 5.73 Å². The fourth-order valence-corrected chi connectivity index (χ4v) is 2.22. The van der Waals surface area contributed by atoms with Crippen LogP contribution in [0.15, 0.2) is 46.5 Å². The highest BCUT2D eigenvalue weighted by Gasteiger charge is 2.00. The normalized spacial score (nSPS) is 10.4. The third kappa shape index (κ3) is 2.68. The van der Waals surface area contributed by atoms with Crippen molar-refractivity contribution in [3.63, 3.8) is 0 Å². The summed E-state index contributed by atoms with van der Waals surface area (Å²) >= 11 is 7.37. The van der Waals surface area contributed by atoms with Crippen LogP contribution in [0, 0.1) is 6.92 Å². The van der Waals surface area contributed by atoms with Gasteiger partial charge in [-0.1, -0.05) is 23.4 Å². The van der Waals surface area contributed by atoms with Crippen molar-refractivity contribution in [3.8, 4) is 0 Å². The quantitative estimate of drug-likeness (QED) is 0.825. The first kappa shape index (κ1) is 11.3. The second-order valence-corrected chi connectivity index (χ2v) is 4.97. The van der Waals surface area contributed by atoms with Gasteiger partial charge >= 0.3 is 0 Å². The molecule has 0 atom stereocenters. The lowest BCUT2D eigenvalue weighted by atomic mass is 10.2. The molecule has 2 N–H and O–H groups in total. The number of halogens is 1. The van der Waals surface area contributed by atoms with Crippen LogP contribution in [0.1, 0.15) is 5.56 Å². The fraction of sp³-hybridized carbons (Fsp3) is 0.0833. The average molecular weight is 251 g/mol. The van der Waals surface area contributed by atoms with Gasteiger partial charge in [0.15, 0.2) is 0 Å². The highest BCUT2D eigenvalue weighted by atomic mass is 35.5. The molecule has 0 aliphatic heterocycles. The zero-order valence-corrected chi connectivity index (χ0v) is 10.3. The first-order chi connectivity index (χ1) is 7.65. The summed E-state index contributed by atoms with van der Waals surface area (Å²) in [5.41, 5.74) is 7.66. The summed E-state index contributed by atoms with van der Waals surface area (Å²) in [6.07, 6.45) is 1.65. The number of aromatic nitrogens is 1. The van der Waals surface area contributed by atoms with Crippen molar-refractivity contribution in [1.29, 1.82) is 0 Å². The summed E-state index contributed by atoms with van der Waals surface area (Å²) < 4.78 is 0. The molecule has 1 aromatic carbocycles. The molecule has 1 heterocycles. The molecule has 0 amide bonds. The lowest BCUT2D eigenvalue weighted by Crippen LogP contribution is -1.88.